The van der Waals surface area contributed by atoms with Crippen LogP contribution in [-0.2, 0) is 14.8 Å². The third-order valence-electron chi connectivity index (χ3n) is 4.37. The van der Waals surface area contributed by atoms with Gasteiger partial charge in [0.1, 0.15) is 0 Å². The number of amides is 1. The lowest BCUT2D eigenvalue weighted by Gasteiger charge is -2.28. The molecule has 5 nitrogen and oxygen atoms in total. The standard InChI is InChI=1S/C17H26N2O3S/c1-12(2)23(21,22)19-16-10-6-14(7-11-16)17(20)18-15-8-4-13(3)5-9-15/h4-5,8-9,12,14,16,19H,6-7,10-11H2,1-3H3,(H,18,20). The molecule has 2 rings (SSSR count). The minimum atomic E-state index is -3.24. The summed E-state index contributed by atoms with van der Waals surface area (Å²) in [6.07, 6.45) is 2.84. The van der Waals surface area contributed by atoms with E-state index in [4.69, 9.17) is 0 Å². The number of rotatable bonds is 5. The Morgan fingerprint density at radius 3 is 2.17 bits per heavy atom. The molecular formula is C17H26N2O3S. The highest BCUT2D eigenvalue weighted by atomic mass is 32.2. The highest BCUT2D eigenvalue weighted by molar-refractivity contribution is 7.90. The Balaban J connectivity index is 1.84. The van der Waals surface area contributed by atoms with Crippen LogP contribution in [0.1, 0.15) is 45.1 Å². The Kier molecular flexibility index (Phi) is 5.81. The average molecular weight is 338 g/mol. The summed E-state index contributed by atoms with van der Waals surface area (Å²) in [5.74, 6) is -0.0184. The van der Waals surface area contributed by atoms with Gasteiger partial charge in [-0.15, -0.1) is 0 Å². The summed E-state index contributed by atoms with van der Waals surface area (Å²) in [6.45, 7) is 5.34. The molecule has 0 bridgehead atoms. The molecule has 1 aliphatic rings. The molecule has 0 saturated heterocycles. The number of benzene rings is 1. The molecule has 0 aliphatic heterocycles. The predicted octanol–water partition coefficient (Wildman–Crippen LogP) is 2.82. The number of aryl methyl sites for hydroxylation is 1. The van der Waals surface area contributed by atoms with E-state index in [1.165, 1.54) is 0 Å². The largest absolute Gasteiger partial charge is 0.326 e. The van der Waals surface area contributed by atoms with Crippen molar-refractivity contribution in [3.63, 3.8) is 0 Å². The van der Waals surface area contributed by atoms with Crippen LogP contribution >= 0.6 is 0 Å². The second-order valence-corrected chi connectivity index (χ2v) is 8.88. The lowest BCUT2D eigenvalue weighted by Crippen LogP contribution is -2.42. The summed E-state index contributed by atoms with van der Waals surface area (Å²) in [4.78, 5) is 12.3. The Bertz CT molecular complexity index is 630. The minimum absolute atomic E-state index is 0.0269. The van der Waals surface area contributed by atoms with Crippen molar-refractivity contribution in [2.24, 2.45) is 5.92 Å². The smallest absolute Gasteiger partial charge is 0.227 e. The highest BCUT2D eigenvalue weighted by Gasteiger charge is 2.29. The van der Waals surface area contributed by atoms with E-state index in [1.54, 1.807) is 13.8 Å². The molecule has 128 valence electrons. The van der Waals surface area contributed by atoms with E-state index in [2.05, 4.69) is 10.0 Å². The Morgan fingerprint density at radius 1 is 1.09 bits per heavy atom. The second kappa shape index (κ2) is 7.45. The predicted molar refractivity (Wildman–Crippen MR) is 92.7 cm³/mol. The topological polar surface area (TPSA) is 75.3 Å². The number of hydrogen-bond acceptors (Lipinski definition) is 3. The van der Waals surface area contributed by atoms with Crippen LogP contribution in [-0.4, -0.2) is 25.6 Å². The van der Waals surface area contributed by atoms with Crippen molar-refractivity contribution in [3.8, 4) is 0 Å². The summed E-state index contributed by atoms with van der Waals surface area (Å²) in [5, 5.41) is 2.52. The first-order chi connectivity index (χ1) is 10.8. The maximum atomic E-state index is 12.3. The Labute approximate surface area is 138 Å². The molecule has 0 radical (unpaired) electrons. The monoisotopic (exact) mass is 338 g/mol. The van der Waals surface area contributed by atoms with Crippen molar-refractivity contribution in [2.75, 3.05) is 5.32 Å². The molecule has 0 aromatic heterocycles. The third-order valence-corrected chi connectivity index (χ3v) is 6.27. The van der Waals surface area contributed by atoms with E-state index in [-0.39, 0.29) is 17.9 Å². The van der Waals surface area contributed by atoms with E-state index >= 15 is 0 Å². The van der Waals surface area contributed by atoms with Gasteiger partial charge in [-0.3, -0.25) is 4.79 Å². The maximum absolute atomic E-state index is 12.3. The van der Waals surface area contributed by atoms with Crippen LogP contribution in [0.5, 0.6) is 0 Å². The van der Waals surface area contributed by atoms with Crippen LogP contribution < -0.4 is 10.0 Å². The summed E-state index contributed by atoms with van der Waals surface area (Å²) in [6, 6.07) is 7.68. The van der Waals surface area contributed by atoms with Crippen molar-refractivity contribution in [1.29, 1.82) is 0 Å². The molecule has 0 unspecified atom stereocenters. The normalized spacial score (nSPS) is 22.1. The molecule has 23 heavy (non-hydrogen) atoms. The zero-order valence-corrected chi connectivity index (χ0v) is 14.8. The molecule has 0 spiro atoms. The Hall–Kier alpha value is -1.40. The molecule has 0 heterocycles. The van der Waals surface area contributed by atoms with Crippen LogP contribution in [0.2, 0.25) is 0 Å². The highest BCUT2D eigenvalue weighted by Crippen LogP contribution is 2.26. The van der Waals surface area contributed by atoms with Crippen molar-refractivity contribution in [1.82, 2.24) is 4.72 Å². The quantitative estimate of drug-likeness (QED) is 0.867. The second-order valence-electron chi connectivity index (χ2n) is 6.62. The molecule has 6 heteroatoms. The van der Waals surface area contributed by atoms with Gasteiger partial charge in [0.25, 0.3) is 0 Å². The number of carbonyl (C=O) groups is 1. The van der Waals surface area contributed by atoms with Crippen LogP contribution in [0.25, 0.3) is 0 Å². The maximum Gasteiger partial charge on any atom is 0.227 e. The molecule has 1 aromatic carbocycles. The zero-order chi connectivity index (χ0) is 17.0. The molecule has 1 aromatic rings. The number of nitrogens with one attached hydrogen (secondary N) is 2. The first-order valence-electron chi connectivity index (χ1n) is 8.16. The van der Waals surface area contributed by atoms with E-state index in [0.717, 1.165) is 11.3 Å². The van der Waals surface area contributed by atoms with Gasteiger partial charge < -0.3 is 5.32 Å². The van der Waals surface area contributed by atoms with E-state index in [1.807, 2.05) is 31.2 Å². The van der Waals surface area contributed by atoms with Gasteiger partial charge in [0.2, 0.25) is 15.9 Å². The van der Waals surface area contributed by atoms with E-state index in [0.29, 0.717) is 25.7 Å². The lowest BCUT2D eigenvalue weighted by molar-refractivity contribution is -0.120. The fourth-order valence-corrected chi connectivity index (χ4v) is 3.70. The van der Waals surface area contributed by atoms with Crippen LogP contribution in [0.3, 0.4) is 0 Å². The van der Waals surface area contributed by atoms with Gasteiger partial charge >= 0.3 is 0 Å². The molecular weight excluding hydrogens is 312 g/mol. The molecule has 1 amide bonds. The van der Waals surface area contributed by atoms with E-state index in [9.17, 15) is 13.2 Å². The fourth-order valence-electron chi connectivity index (χ4n) is 2.72. The van der Waals surface area contributed by atoms with Crippen LogP contribution in [0, 0.1) is 12.8 Å². The fraction of sp³-hybridized carbons (Fsp3) is 0.588. The van der Waals surface area contributed by atoms with Gasteiger partial charge in [0.15, 0.2) is 0 Å². The lowest BCUT2D eigenvalue weighted by atomic mass is 9.86. The number of carbonyl (C=O) groups excluding carboxylic acids is 1. The molecule has 1 saturated carbocycles. The van der Waals surface area contributed by atoms with Crippen molar-refractivity contribution in [3.05, 3.63) is 29.8 Å². The van der Waals surface area contributed by atoms with Crippen LogP contribution in [0.15, 0.2) is 24.3 Å². The van der Waals surface area contributed by atoms with Gasteiger partial charge in [-0.25, -0.2) is 13.1 Å². The molecule has 0 atom stereocenters. The van der Waals surface area contributed by atoms with Gasteiger partial charge in [0, 0.05) is 17.6 Å². The van der Waals surface area contributed by atoms with E-state index < -0.39 is 15.3 Å². The van der Waals surface area contributed by atoms with Crippen molar-refractivity contribution in [2.45, 2.75) is 57.7 Å². The first kappa shape index (κ1) is 17.9. The number of sulfonamides is 1. The summed E-state index contributed by atoms with van der Waals surface area (Å²) < 4.78 is 26.5. The summed E-state index contributed by atoms with van der Waals surface area (Å²) in [5.41, 5.74) is 1.96. The first-order valence-corrected chi connectivity index (χ1v) is 9.71. The van der Waals surface area contributed by atoms with Gasteiger partial charge in [-0.2, -0.15) is 0 Å². The number of hydrogen-bond donors (Lipinski definition) is 2. The van der Waals surface area contributed by atoms with Gasteiger partial charge in [-0.05, 0) is 58.6 Å². The Morgan fingerprint density at radius 2 is 1.65 bits per heavy atom. The average Bonchev–Trinajstić information content (AvgIpc) is 2.49. The van der Waals surface area contributed by atoms with Gasteiger partial charge in [-0.1, -0.05) is 17.7 Å². The summed E-state index contributed by atoms with van der Waals surface area (Å²) in [7, 11) is -3.24. The van der Waals surface area contributed by atoms with Gasteiger partial charge in [0.05, 0.1) is 5.25 Å². The third kappa shape index (κ3) is 5.04. The van der Waals surface area contributed by atoms with Crippen LogP contribution in [0.4, 0.5) is 5.69 Å². The minimum Gasteiger partial charge on any atom is -0.326 e. The SMILES string of the molecule is Cc1ccc(NC(=O)C2CCC(NS(=O)(=O)C(C)C)CC2)cc1. The molecule has 1 aliphatic carbocycles. The van der Waals surface area contributed by atoms with Crippen molar-refractivity contribution >= 4 is 21.6 Å². The number of anilines is 1. The summed E-state index contributed by atoms with van der Waals surface area (Å²) >= 11 is 0. The van der Waals surface area contributed by atoms with Crippen molar-refractivity contribution < 1.29 is 13.2 Å². The molecule has 1 fully saturated rings. The zero-order valence-electron chi connectivity index (χ0n) is 14.0. The molecule has 2 N–H and O–H groups in total.